The molecule has 0 unspecified atom stereocenters. The SMILES string of the molecule is COc1ccc(CCN(Cc2ccc(C)cc2)Cc2nc(C(=O)N3CCN(c4ccccc4C)CC3)cs2)cc1OC. The number of aryl methyl sites for hydroxylation is 2. The molecule has 1 aliphatic heterocycles. The summed E-state index contributed by atoms with van der Waals surface area (Å²) in [7, 11) is 3.32. The van der Waals surface area contributed by atoms with Crippen molar-refractivity contribution >= 4 is 22.9 Å². The van der Waals surface area contributed by atoms with Gasteiger partial charge in [0, 0.05) is 50.3 Å². The van der Waals surface area contributed by atoms with Crippen LogP contribution in [0.15, 0.2) is 72.1 Å². The number of amides is 1. The van der Waals surface area contributed by atoms with Gasteiger partial charge in [0.25, 0.3) is 5.91 Å². The minimum atomic E-state index is 0.0253. The number of aromatic nitrogens is 1. The predicted molar refractivity (Wildman–Crippen MR) is 170 cm³/mol. The highest BCUT2D eigenvalue weighted by Crippen LogP contribution is 2.28. The summed E-state index contributed by atoms with van der Waals surface area (Å²) < 4.78 is 10.9. The van der Waals surface area contributed by atoms with Gasteiger partial charge in [-0.3, -0.25) is 9.69 Å². The van der Waals surface area contributed by atoms with Gasteiger partial charge < -0.3 is 19.3 Å². The molecule has 1 aliphatic rings. The number of para-hydroxylation sites is 1. The predicted octanol–water partition coefficient (Wildman–Crippen LogP) is 5.98. The molecule has 220 valence electrons. The molecule has 42 heavy (non-hydrogen) atoms. The summed E-state index contributed by atoms with van der Waals surface area (Å²) in [5.41, 5.74) is 6.76. The van der Waals surface area contributed by atoms with Crippen LogP contribution in [0.25, 0.3) is 0 Å². The van der Waals surface area contributed by atoms with Crippen LogP contribution in [-0.4, -0.2) is 67.6 Å². The Bertz CT molecular complexity index is 1480. The molecule has 0 spiro atoms. The Balaban J connectivity index is 1.23. The molecule has 0 bridgehead atoms. The quantitative estimate of drug-likeness (QED) is 0.216. The van der Waals surface area contributed by atoms with E-state index in [2.05, 4.69) is 78.2 Å². The van der Waals surface area contributed by atoms with Crippen LogP contribution in [-0.2, 0) is 19.5 Å². The summed E-state index contributed by atoms with van der Waals surface area (Å²) in [5, 5.41) is 2.88. The number of anilines is 1. The number of methoxy groups -OCH3 is 2. The van der Waals surface area contributed by atoms with Crippen molar-refractivity contribution < 1.29 is 14.3 Å². The third kappa shape index (κ3) is 7.30. The van der Waals surface area contributed by atoms with Gasteiger partial charge >= 0.3 is 0 Å². The van der Waals surface area contributed by atoms with Crippen molar-refractivity contribution in [1.82, 2.24) is 14.8 Å². The van der Waals surface area contributed by atoms with E-state index in [1.54, 1.807) is 25.6 Å². The van der Waals surface area contributed by atoms with Gasteiger partial charge in [-0.2, -0.15) is 0 Å². The van der Waals surface area contributed by atoms with Crippen molar-refractivity contribution in [2.75, 3.05) is 51.8 Å². The highest BCUT2D eigenvalue weighted by atomic mass is 32.1. The zero-order chi connectivity index (χ0) is 29.5. The zero-order valence-corrected chi connectivity index (χ0v) is 25.8. The molecule has 5 rings (SSSR count). The monoisotopic (exact) mass is 584 g/mol. The van der Waals surface area contributed by atoms with E-state index in [0.717, 1.165) is 49.1 Å². The molecule has 1 amide bonds. The maximum Gasteiger partial charge on any atom is 0.273 e. The molecule has 2 heterocycles. The second-order valence-corrected chi connectivity index (χ2v) is 11.8. The third-order valence-electron chi connectivity index (χ3n) is 7.84. The van der Waals surface area contributed by atoms with Gasteiger partial charge in [-0.15, -0.1) is 11.3 Å². The standard InChI is InChI=1S/C34H40N4O3S/c1-25-9-11-28(12-10-25)22-36(16-15-27-13-14-31(40-3)32(21-27)41-4)23-33-35-29(24-42-33)34(39)38-19-17-37(18-20-38)30-8-6-5-7-26(30)2/h5-14,21,24H,15-20,22-23H2,1-4H3. The van der Waals surface area contributed by atoms with Crippen molar-refractivity contribution in [2.24, 2.45) is 0 Å². The molecule has 8 heteroatoms. The second-order valence-electron chi connectivity index (χ2n) is 10.8. The Hall–Kier alpha value is -3.88. The molecule has 3 aromatic carbocycles. The number of hydrogen-bond donors (Lipinski definition) is 0. The lowest BCUT2D eigenvalue weighted by molar-refractivity contribution is 0.0741. The van der Waals surface area contributed by atoms with Gasteiger partial charge in [0.05, 0.1) is 20.8 Å². The molecule has 1 aromatic heterocycles. The van der Waals surface area contributed by atoms with E-state index in [1.807, 2.05) is 22.4 Å². The number of piperazine rings is 1. The van der Waals surface area contributed by atoms with Crippen molar-refractivity contribution in [3.63, 3.8) is 0 Å². The lowest BCUT2D eigenvalue weighted by atomic mass is 10.1. The molecule has 0 atom stereocenters. The smallest absolute Gasteiger partial charge is 0.273 e. The molecule has 0 aliphatic carbocycles. The molecular formula is C34H40N4O3S. The van der Waals surface area contributed by atoms with E-state index < -0.39 is 0 Å². The third-order valence-corrected chi connectivity index (χ3v) is 8.68. The Kier molecular flexibility index (Phi) is 9.77. The van der Waals surface area contributed by atoms with Crippen LogP contribution in [0.3, 0.4) is 0 Å². The molecular weight excluding hydrogens is 544 g/mol. The minimum absolute atomic E-state index is 0.0253. The van der Waals surface area contributed by atoms with Gasteiger partial charge in [0.2, 0.25) is 0 Å². The number of carbonyl (C=O) groups is 1. The first-order valence-corrected chi connectivity index (χ1v) is 15.3. The largest absolute Gasteiger partial charge is 0.493 e. The maximum atomic E-state index is 13.4. The number of thiazole rings is 1. The van der Waals surface area contributed by atoms with Crippen LogP contribution in [0.1, 0.15) is 37.7 Å². The number of benzene rings is 3. The van der Waals surface area contributed by atoms with Crippen LogP contribution in [0.5, 0.6) is 11.5 Å². The van der Waals surface area contributed by atoms with Crippen LogP contribution in [0.4, 0.5) is 5.69 Å². The number of rotatable bonds is 11. The fourth-order valence-electron chi connectivity index (χ4n) is 5.39. The highest BCUT2D eigenvalue weighted by Gasteiger charge is 2.25. The minimum Gasteiger partial charge on any atom is -0.493 e. The van der Waals surface area contributed by atoms with Gasteiger partial charge in [0.1, 0.15) is 10.7 Å². The summed E-state index contributed by atoms with van der Waals surface area (Å²) in [5.74, 6) is 1.49. The Morgan fingerprint density at radius 3 is 2.31 bits per heavy atom. The second kappa shape index (κ2) is 13.9. The molecule has 1 saturated heterocycles. The fourth-order valence-corrected chi connectivity index (χ4v) is 6.20. The first kappa shape index (κ1) is 29.6. The van der Waals surface area contributed by atoms with Gasteiger partial charge in [0.15, 0.2) is 11.5 Å². The van der Waals surface area contributed by atoms with Crippen molar-refractivity contribution in [3.8, 4) is 11.5 Å². The van der Waals surface area contributed by atoms with Crippen LogP contribution < -0.4 is 14.4 Å². The summed E-state index contributed by atoms with van der Waals surface area (Å²) in [4.78, 5) is 24.9. The van der Waals surface area contributed by atoms with Crippen molar-refractivity contribution in [3.05, 3.63) is 105 Å². The average molecular weight is 585 g/mol. The van der Waals surface area contributed by atoms with Gasteiger partial charge in [-0.1, -0.05) is 54.1 Å². The first-order chi connectivity index (χ1) is 20.4. The van der Waals surface area contributed by atoms with E-state index in [0.29, 0.717) is 25.3 Å². The summed E-state index contributed by atoms with van der Waals surface area (Å²) in [6.45, 7) is 9.62. The van der Waals surface area contributed by atoms with Crippen molar-refractivity contribution in [2.45, 2.75) is 33.4 Å². The zero-order valence-electron chi connectivity index (χ0n) is 25.0. The van der Waals surface area contributed by atoms with Gasteiger partial charge in [-0.25, -0.2) is 4.98 Å². The lowest BCUT2D eigenvalue weighted by Crippen LogP contribution is -2.49. The first-order valence-electron chi connectivity index (χ1n) is 14.5. The Morgan fingerprint density at radius 2 is 1.60 bits per heavy atom. The Labute approximate surface area is 253 Å². The molecule has 0 radical (unpaired) electrons. The van der Waals surface area contributed by atoms with Crippen LogP contribution in [0, 0.1) is 13.8 Å². The molecule has 0 saturated carbocycles. The summed E-state index contributed by atoms with van der Waals surface area (Å²) in [6.07, 6.45) is 0.856. The van der Waals surface area contributed by atoms with E-state index in [4.69, 9.17) is 14.5 Å². The number of nitrogens with zero attached hydrogens (tertiary/aromatic N) is 4. The average Bonchev–Trinajstić information content (AvgIpc) is 3.49. The van der Waals surface area contributed by atoms with E-state index in [-0.39, 0.29) is 5.91 Å². The van der Waals surface area contributed by atoms with Crippen LogP contribution in [0.2, 0.25) is 0 Å². The van der Waals surface area contributed by atoms with Crippen molar-refractivity contribution in [1.29, 1.82) is 0 Å². The van der Waals surface area contributed by atoms with E-state index in [1.165, 1.54) is 27.9 Å². The highest BCUT2D eigenvalue weighted by molar-refractivity contribution is 7.09. The van der Waals surface area contributed by atoms with E-state index in [9.17, 15) is 4.79 Å². The summed E-state index contributed by atoms with van der Waals surface area (Å²) >= 11 is 1.57. The molecule has 7 nitrogen and oxygen atoms in total. The molecule has 4 aromatic rings. The molecule has 0 N–H and O–H groups in total. The summed E-state index contributed by atoms with van der Waals surface area (Å²) in [6, 6.07) is 23.2. The number of ether oxygens (including phenoxy) is 2. The molecule has 1 fully saturated rings. The lowest BCUT2D eigenvalue weighted by Gasteiger charge is -2.36. The number of hydrogen-bond acceptors (Lipinski definition) is 7. The number of carbonyl (C=O) groups excluding carboxylic acids is 1. The van der Waals surface area contributed by atoms with Crippen LogP contribution >= 0.6 is 11.3 Å². The Morgan fingerprint density at radius 1 is 0.881 bits per heavy atom. The fraction of sp³-hybridized carbons (Fsp3) is 0.353. The topological polar surface area (TPSA) is 58.1 Å². The normalized spacial score (nSPS) is 13.5. The van der Waals surface area contributed by atoms with Gasteiger partial charge in [-0.05, 0) is 55.2 Å². The maximum absolute atomic E-state index is 13.4. The van der Waals surface area contributed by atoms with E-state index >= 15 is 0 Å².